The zero-order valence-electron chi connectivity index (χ0n) is 22.1. The molecule has 2 saturated heterocycles. The molecule has 0 spiro atoms. The number of carbonyl (C=O) groups excluding carboxylic acids is 3. The van der Waals surface area contributed by atoms with E-state index in [-0.39, 0.29) is 18.7 Å². The average Bonchev–Trinajstić information content (AvgIpc) is 3.39. The van der Waals surface area contributed by atoms with Crippen LogP contribution in [0.25, 0.3) is 0 Å². The molecule has 2 aliphatic heterocycles. The number of rotatable bonds is 6. The third-order valence-electron chi connectivity index (χ3n) is 7.05. The molecule has 3 heterocycles. The molecular formula is C29H27F2N5O4. The summed E-state index contributed by atoms with van der Waals surface area (Å²) in [5, 5.41) is 4.28. The third kappa shape index (κ3) is 4.94. The highest BCUT2D eigenvalue weighted by atomic mass is 19.1. The van der Waals surface area contributed by atoms with Crippen molar-refractivity contribution in [3.8, 4) is 11.8 Å². The molecule has 5 rings (SSSR count). The van der Waals surface area contributed by atoms with Gasteiger partial charge in [-0.25, -0.2) is 18.5 Å². The molecular weight excluding hydrogens is 520 g/mol. The maximum atomic E-state index is 15.2. The SMILES string of the molecule is COCCCn1cc(N2CCN3C(=O)N(c4c(F)cc(C#Cc5ccccc5)cc4F)C(=O)C[C@@]3(C)C2=O)cn1. The van der Waals surface area contributed by atoms with Crippen LogP contribution in [0.4, 0.5) is 25.0 Å². The number of urea groups is 1. The lowest BCUT2D eigenvalue weighted by atomic mass is 9.88. The maximum Gasteiger partial charge on any atom is 0.332 e. The molecule has 40 heavy (non-hydrogen) atoms. The topological polar surface area (TPSA) is 88.0 Å². The minimum Gasteiger partial charge on any atom is -0.385 e. The molecule has 4 amide bonds. The van der Waals surface area contributed by atoms with E-state index in [2.05, 4.69) is 16.9 Å². The summed E-state index contributed by atoms with van der Waals surface area (Å²) < 4.78 is 37.1. The van der Waals surface area contributed by atoms with E-state index in [1.807, 2.05) is 6.07 Å². The largest absolute Gasteiger partial charge is 0.385 e. The van der Waals surface area contributed by atoms with Gasteiger partial charge >= 0.3 is 6.03 Å². The Morgan fingerprint density at radius 2 is 1.73 bits per heavy atom. The summed E-state index contributed by atoms with van der Waals surface area (Å²) in [5.41, 5.74) is -1.05. The first-order chi connectivity index (χ1) is 19.2. The van der Waals surface area contributed by atoms with Crippen LogP contribution in [0.2, 0.25) is 0 Å². The summed E-state index contributed by atoms with van der Waals surface area (Å²) in [4.78, 5) is 43.5. The minimum atomic E-state index is -1.52. The van der Waals surface area contributed by atoms with Gasteiger partial charge < -0.3 is 14.5 Å². The standard InChI is InChI=1S/C29H27F2N5O4/c1-29-17-25(37)36(26-23(30)15-21(16-24(26)31)10-9-20-7-4-3-5-8-20)28(39)35(29)13-12-34(27(29)38)22-18-32-33(19-22)11-6-14-40-2/h3-5,7-8,15-16,18-19H,6,11-14,17H2,1-2H3/t29-/m0/s1. The summed E-state index contributed by atoms with van der Waals surface area (Å²) in [6.45, 7) is 2.84. The Labute approximate surface area is 229 Å². The van der Waals surface area contributed by atoms with E-state index in [1.54, 1.807) is 48.5 Å². The van der Waals surface area contributed by atoms with E-state index in [1.165, 1.54) is 16.7 Å². The summed E-state index contributed by atoms with van der Waals surface area (Å²) in [5.74, 6) is 1.96. The summed E-state index contributed by atoms with van der Waals surface area (Å²) in [6.07, 6.45) is 3.57. The lowest BCUT2D eigenvalue weighted by Gasteiger charge is -2.51. The van der Waals surface area contributed by atoms with Gasteiger partial charge in [0.2, 0.25) is 5.91 Å². The second-order valence-electron chi connectivity index (χ2n) is 9.78. The van der Waals surface area contributed by atoms with Gasteiger partial charge in [-0.1, -0.05) is 30.0 Å². The number of amides is 4. The Bertz CT molecular complexity index is 1510. The predicted octanol–water partition coefficient (Wildman–Crippen LogP) is 3.56. The van der Waals surface area contributed by atoms with Gasteiger partial charge in [-0.2, -0.15) is 5.10 Å². The van der Waals surface area contributed by atoms with Gasteiger partial charge in [0.25, 0.3) is 5.91 Å². The van der Waals surface area contributed by atoms with Crippen molar-refractivity contribution >= 4 is 29.2 Å². The van der Waals surface area contributed by atoms with E-state index in [0.29, 0.717) is 29.3 Å². The Hall–Kier alpha value is -4.56. The summed E-state index contributed by atoms with van der Waals surface area (Å²) in [7, 11) is 1.61. The lowest BCUT2D eigenvalue weighted by Crippen LogP contribution is -2.72. The fraction of sp³-hybridized carbons (Fsp3) is 0.310. The number of benzene rings is 2. The van der Waals surface area contributed by atoms with Crippen molar-refractivity contribution in [2.24, 2.45) is 0 Å². The van der Waals surface area contributed by atoms with Crippen LogP contribution in [0.3, 0.4) is 0 Å². The van der Waals surface area contributed by atoms with Gasteiger partial charge in [-0.15, -0.1) is 0 Å². The second kappa shape index (κ2) is 10.9. The van der Waals surface area contributed by atoms with E-state index in [0.717, 1.165) is 18.6 Å². The van der Waals surface area contributed by atoms with Crippen molar-refractivity contribution in [2.75, 3.05) is 36.6 Å². The normalized spacial score (nSPS) is 19.0. The third-order valence-corrected chi connectivity index (χ3v) is 7.05. The molecule has 9 nitrogen and oxygen atoms in total. The van der Waals surface area contributed by atoms with Crippen LogP contribution in [0.5, 0.6) is 0 Å². The van der Waals surface area contributed by atoms with Crippen LogP contribution in [-0.4, -0.2) is 64.9 Å². The molecule has 0 saturated carbocycles. The van der Waals surface area contributed by atoms with Gasteiger partial charge in [-0.05, 0) is 37.6 Å². The first-order valence-electron chi connectivity index (χ1n) is 12.8. The van der Waals surface area contributed by atoms with Gasteiger partial charge in [0.15, 0.2) is 11.6 Å². The number of fused-ring (bicyclic) bond motifs is 1. The lowest BCUT2D eigenvalue weighted by molar-refractivity contribution is -0.137. The molecule has 11 heteroatoms. The number of aryl methyl sites for hydroxylation is 1. The number of methoxy groups -OCH3 is 1. The number of hydrogen-bond donors (Lipinski definition) is 0. The van der Waals surface area contributed by atoms with E-state index >= 15 is 8.78 Å². The number of anilines is 2. The summed E-state index contributed by atoms with van der Waals surface area (Å²) in [6, 6.07) is 9.92. The molecule has 1 atom stereocenters. The fourth-order valence-corrected chi connectivity index (χ4v) is 5.00. The molecule has 2 fully saturated rings. The number of hydrogen-bond acceptors (Lipinski definition) is 5. The Morgan fingerprint density at radius 1 is 1.02 bits per heavy atom. The maximum absolute atomic E-state index is 15.2. The zero-order valence-corrected chi connectivity index (χ0v) is 22.1. The molecule has 0 N–H and O–H groups in total. The quantitative estimate of drug-likeness (QED) is 0.348. The van der Waals surface area contributed by atoms with Gasteiger partial charge in [0.1, 0.15) is 11.2 Å². The van der Waals surface area contributed by atoms with Crippen LogP contribution in [-0.2, 0) is 20.9 Å². The Morgan fingerprint density at radius 3 is 2.42 bits per heavy atom. The molecule has 1 aromatic heterocycles. The van der Waals surface area contributed by atoms with Crippen LogP contribution in [0, 0.1) is 23.5 Å². The number of carbonyl (C=O) groups is 3. The van der Waals surface area contributed by atoms with Crippen molar-refractivity contribution < 1.29 is 27.9 Å². The van der Waals surface area contributed by atoms with Crippen LogP contribution >= 0.6 is 0 Å². The molecule has 206 valence electrons. The monoisotopic (exact) mass is 547 g/mol. The van der Waals surface area contributed by atoms with E-state index < -0.39 is 47.1 Å². The average molecular weight is 548 g/mol. The molecule has 2 aliphatic rings. The number of nitrogens with zero attached hydrogens (tertiary/aromatic N) is 5. The molecule has 3 aromatic rings. The number of aromatic nitrogens is 2. The van der Waals surface area contributed by atoms with Crippen molar-refractivity contribution in [1.29, 1.82) is 0 Å². The van der Waals surface area contributed by atoms with Gasteiger partial charge in [0.05, 0.1) is 18.3 Å². The number of halogens is 2. The first-order valence-corrected chi connectivity index (χ1v) is 12.8. The van der Waals surface area contributed by atoms with Crippen LogP contribution in [0.1, 0.15) is 30.9 Å². The summed E-state index contributed by atoms with van der Waals surface area (Å²) >= 11 is 0. The van der Waals surface area contributed by atoms with Crippen molar-refractivity contribution in [2.45, 2.75) is 31.8 Å². The molecule has 0 unspecified atom stereocenters. The van der Waals surface area contributed by atoms with Crippen molar-refractivity contribution in [3.05, 3.63) is 77.6 Å². The van der Waals surface area contributed by atoms with Crippen LogP contribution < -0.4 is 9.80 Å². The molecule has 0 aliphatic carbocycles. The number of piperazine rings is 1. The Balaban J connectivity index is 1.37. The highest BCUT2D eigenvalue weighted by Crippen LogP contribution is 2.38. The highest BCUT2D eigenvalue weighted by Gasteiger charge is 2.56. The molecule has 2 aromatic carbocycles. The van der Waals surface area contributed by atoms with Gasteiger partial charge in [-0.3, -0.25) is 14.3 Å². The van der Waals surface area contributed by atoms with Crippen molar-refractivity contribution in [1.82, 2.24) is 14.7 Å². The Kier molecular flexibility index (Phi) is 7.36. The molecule has 0 radical (unpaired) electrons. The molecule has 0 bridgehead atoms. The fourth-order valence-electron chi connectivity index (χ4n) is 5.00. The minimum absolute atomic E-state index is 0.0518. The van der Waals surface area contributed by atoms with E-state index in [9.17, 15) is 14.4 Å². The van der Waals surface area contributed by atoms with Crippen molar-refractivity contribution in [3.63, 3.8) is 0 Å². The number of imide groups is 1. The van der Waals surface area contributed by atoms with Crippen LogP contribution in [0.15, 0.2) is 54.9 Å². The highest BCUT2D eigenvalue weighted by molar-refractivity contribution is 6.20. The first kappa shape index (κ1) is 27.0. The van der Waals surface area contributed by atoms with E-state index in [4.69, 9.17) is 4.74 Å². The number of ether oxygens (including phenoxy) is 1. The smallest absolute Gasteiger partial charge is 0.332 e. The predicted molar refractivity (Wildman–Crippen MR) is 142 cm³/mol. The zero-order chi connectivity index (χ0) is 28.4. The second-order valence-corrected chi connectivity index (χ2v) is 9.78. The van der Waals surface area contributed by atoms with Gasteiger partial charge in [0, 0.05) is 50.7 Å².